The number of morpholine rings is 1. The lowest BCUT2D eigenvalue weighted by Crippen LogP contribution is -2.37. The minimum atomic E-state index is -0.284. The molecule has 1 aliphatic rings. The zero-order valence-electron chi connectivity index (χ0n) is 21.6. The van der Waals surface area contributed by atoms with E-state index < -0.39 is 0 Å². The second-order valence-electron chi connectivity index (χ2n) is 9.61. The Bertz CT molecular complexity index is 1990. The van der Waals surface area contributed by atoms with Gasteiger partial charge in [0.15, 0.2) is 0 Å². The number of benzene rings is 2. The molecule has 40 heavy (non-hydrogen) atoms. The van der Waals surface area contributed by atoms with Gasteiger partial charge in [0.1, 0.15) is 23.0 Å². The van der Waals surface area contributed by atoms with Gasteiger partial charge in [-0.05, 0) is 43.3 Å². The van der Waals surface area contributed by atoms with Crippen LogP contribution in [0.4, 0.5) is 11.5 Å². The summed E-state index contributed by atoms with van der Waals surface area (Å²) in [6.07, 6.45) is 3.34. The molecule has 9 nitrogen and oxygen atoms in total. The van der Waals surface area contributed by atoms with Gasteiger partial charge < -0.3 is 15.0 Å². The first-order valence-corrected chi connectivity index (χ1v) is 13.8. The average Bonchev–Trinajstić information content (AvgIpc) is 3.35. The summed E-state index contributed by atoms with van der Waals surface area (Å²) in [7, 11) is 0. The van der Waals surface area contributed by atoms with Crippen molar-refractivity contribution in [1.82, 2.24) is 19.4 Å². The van der Waals surface area contributed by atoms with E-state index in [4.69, 9.17) is 9.72 Å². The zero-order valence-corrected chi connectivity index (χ0v) is 22.4. The topological polar surface area (TPSA) is 102 Å². The molecule has 2 aromatic carbocycles. The van der Waals surface area contributed by atoms with Crippen molar-refractivity contribution in [1.29, 1.82) is 0 Å². The van der Waals surface area contributed by atoms with Crippen molar-refractivity contribution in [3.05, 3.63) is 94.9 Å². The average molecular weight is 549 g/mol. The molecule has 0 aliphatic carbocycles. The number of anilines is 2. The number of nitrogens with zero attached hydrogens (tertiary/aromatic N) is 5. The largest absolute Gasteiger partial charge is 0.378 e. The molecule has 1 amide bonds. The summed E-state index contributed by atoms with van der Waals surface area (Å²) in [4.78, 5) is 41.2. The number of hydrogen-bond acceptors (Lipinski definition) is 8. The first-order valence-electron chi connectivity index (χ1n) is 13.0. The fraction of sp³-hybridized carbons (Fsp3) is 0.167. The van der Waals surface area contributed by atoms with Crippen molar-refractivity contribution in [2.75, 3.05) is 36.5 Å². The first kappa shape index (κ1) is 24.4. The highest BCUT2D eigenvalue weighted by atomic mass is 32.1. The number of ether oxygens (including phenoxy) is 1. The number of amides is 1. The molecule has 0 saturated carbocycles. The lowest BCUT2D eigenvalue weighted by Gasteiger charge is -2.27. The highest BCUT2D eigenvalue weighted by Gasteiger charge is 2.18. The van der Waals surface area contributed by atoms with Crippen LogP contribution in [-0.4, -0.2) is 51.6 Å². The van der Waals surface area contributed by atoms with Crippen LogP contribution in [0.1, 0.15) is 16.3 Å². The van der Waals surface area contributed by atoms with Crippen molar-refractivity contribution >= 4 is 54.6 Å². The molecule has 10 heteroatoms. The summed E-state index contributed by atoms with van der Waals surface area (Å²) in [6.45, 7) is 4.39. The molecule has 7 rings (SSSR count). The van der Waals surface area contributed by atoms with E-state index in [1.54, 1.807) is 47.2 Å². The van der Waals surface area contributed by atoms with Crippen LogP contribution in [0.25, 0.3) is 36.9 Å². The van der Waals surface area contributed by atoms with Crippen LogP contribution in [0.3, 0.4) is 0 Å². The maximum Gasteiger partial charge on any atom is 0.274 e. The molecule has 0 unspecified atom stereocenters. The Morgan fingerprint density at radius 2 is 1.82 bits per heavy atom. The number of carbonyl (C=O) groups excluding carboxylic acids is 1. The van der Waals surface area contributed by atoms with Gasteiger partial charge in [-0.1, -0.05) is 18.2 Å². The summed E-state index contributed by atoms with van der Waals surface area (Å²) in [5.41, 5.74) is 3.41. The third-order valence-electron chi connectivity index (χ3n) is 7.07. The minimum Gasteiger partial charge on any atom is -0.378 e. The van der Waals surface area contributed by atoms with Crippen LogP contribution in [0.5, 0.6) is 0 Å². The smallest absolute Gasteiger partial charge is 0.274 e. The number of carbonyl (C=O) groups is 1. The third-order valence-corrected chi connectivity index (χ3v) is 8.29. The summed E-state index contributed by atoms with van der Waals surface area (Å²) >= 11 is 1.68. The van der Waals surface area contributed by atoms with Crippen molar-refractivity contribution in [3.8, 4) is 11.1 Å². The highest BCUT2D eigenvalue weighted by Crippen LogP contribution is 2.41. The highest BCUT2D eigenvalue weighted by molar-refractivity contribution is 7.26. The number of aromatic nitrogens is 4. The van der Waals surface area contributed by atoms with E-state index in [0.717, 1.165) is 31.3 Å². The van der Waals surface area contributed by atoms with Crippen molar-refractivity contribution < 1.29 is 9.53 Å². The Labute approximate surface area is 232 Å². The fourth-order valence-corrected chi connectivity index (χ4v) is 6.35. The van der Waals surface area contributed by atoms with Crippen LogP contribution >= 0.6 is 11.3 Å². The van der Waals surface area contributed by atoms with Crippen molar-refractivity contribution in [2.45, 2.75) is 6.92 Å². The van der Waals surface area contributed by atoms with E-state index in [9.17, 15) is 9.59 Å². The molecular formula is C30H24N6O3S. The molecule has 1 saturated heterocycles. The van der Waals surface area contributed by atoms with Crippen LogP contribution in [0, 0.1) is 6.92 Å². The van der Waals surface area contributed by atoms with Gasteiger partial charge in [-0.2, -0.15) is 0 Å². The van der Waals surface area contributed by atoms with Gasteiger partial charge in [0.25, 0.3) is 11.5 Å². The molecule has 1 aliphatic heterocycles. The number of thiophene rings is 1. The van der Waals surface area contributed by atoms with Crippen LogP contribution in [-0.2, 0) is 4.74 Å². The Kier molecular flexibility index (Phi) is 5.98. The Hall–Kier alpha value is -4.67. The molecule has 198 valence electrons. The second kappa shape index (κ2) is 9.82. The van der Waals surface area contributed by atoms with E-state index in [2.05, 4.69) is 32.3 Å². The standard InChI is InChI=1S/C30H24N6O3S/c1-18-31-10-9-24(32-18)30(38)33-19-7-8-25-23(16-19)21-5-2-4-20(28(21)40-25)22-6-3-11-36-27(37)17-26(34-29(22)36)35-12-14-39-15-13-35/h2-11,16-17H,12-15H2,1H3,(H,33,38). The van der Waals surface area contributed by atoms with E-state index in [0.29, 0.717) is 55.0 Å². The van der Waals surface area contributed by atoms with Gasteiger partial charge in [-0.15, -0.1) is 11.3 Å². The van der Waals surface area contributed by atoms with Gasteiger partial charge in [0.2, 0.25) is 0 Å². The summed E-state index contributed by atoms with van der Waals surface area (Å²) < 4.78 is 9.28. The molecular weight excluding hydrogens is 524 g/mol. The predicted octanol–water partition coefficient (Wildman–Crippen LogP) is 4.92. The maximum atomic E-state index is 13.1. The number of nitrogens with one attached hydrogen (secondary N) is 1. The molecule has 1 fully saturated rings. The SMILES string of the molecule is Cc1nccc(C(=O)Nc2ccc3sc4c(-c5cccn6c(=O)cc(N7CCOCC7)nc56)cccc4c3c2)n1. The van der Waals surface area contributed by atoms with Crippen LogP contribution in [0.15, 0.2) is 77.9 Å². The van der Waals surface area contributed by atoms with Crippen LogP contribution < -0.4 is 15.8 Å². The monoisotopic (exact) mass is 548 g/mol. The van der Waals surface area contributed by atoms with Crippen molar-refractivity contribution in [3.63, 3.8) is 0 Å². The minimum absolute atomic E-state index is 0.115. The number of hydrogen-bond donors (Lipinski definition) is 1. The number of rotatable bonds is 4. The Morgan fingerprint density at radius 3 is 2.67 bits per heavy atom. The lowest BCUT2D eigenvalue weighted by atomic mass is 10.0. The van der Waals surface area contributed by atoms with Crippen LogP contribution in [0.2, 0.25) is 0 Å². The summed E-state index contributed by atoms with van der Waals surface area (Å²) in [5, 5.41) is 5.07. The second-order valence-corrected chi connectivity index (χ2v) is 10.7. The summed E-state index contributed by atoms with van der Waals surface area (Å²) in [6, 6.07) is 19.2. The molecule has 6 aromatic rings. The zero-order chi connectivity index (χ0) is 27.2. The molecule has 0 radical (unpaired) electrons. The van der Waals surface area contributed by atoms with Crippen molar-refractivity contribution in [2.24, 2.45) is 0 Å². The normalized spacial score (nSPS) is 13.8. The van der Waals surface area contributed by atoms with E-state index >= 15 is 0 Å². The van der Waals surface area contributed by atoms with Gasteiger partial charge in [-0.3, -0.25) is 14.0 Å². The van der Waals surface area contributed by atoms with E-state index in [1.165, 1.54) is 0 Å². The first-order chi connectivity index (χ1) is 19.5. The molecule has 0 atom stereocenters. The lowest BCUT2D eigenvalue weighted by molar-refractivity contribution is 0.102. The van der Waals surface area contributed by atoms with Gasteiger partial charge >= 0.3 is 0 Å². The molecule has 4 aromatic heterocycles. The van der Waals surface area contributed by atoms with Gasteiger partial charge in [-0.25, -0.2) is 15.0 Å². The fourth-order valence-electron chi connectivity index (χ4n) is 5.14. The van der Waals surface area contributed by atoms with Gasteiger partial charge in [0, 0.05) is 68.5 Å². The summed E-state index contributed by atoms with van der Waals surface area (Å²) in [5.74, 6) is 0.929. The number of fused-ring (bicyclic) bond motifs is 4. The Balaban J connectivity index is 1.33. The number of pyridine rings is 1. The maximum absolute atomic E-state index is 13.1. The van der Waals surface area contributed by atoms with E-state index in [1.807, 2.05) is 36.4 Å². The number of aryl methyl sites for hydroxylation is 1. The van der Waals surface area contributed by atoms with Gasteiger partial charge in [0.05, 0.1) is 13.2 Å². The third kappa shape index (κ3) is 4.27. The predicted molar refractivity (Wildman–Crippen MR) is 158 cm³/mol. The molecule has 5 heterocycles. The molecule has 0 bridgehead atoms. The molecule has 1 N–H and O–H groups in total. The quantitative estimate of drug-likeness (QED) is 0.334. The Morgan fingerprint density at radius 1 is 0.975 bits per heavy atom. The molecule has 0 spiro atoms. The van der Waals surface area contributed by atoms with E-state index in [-0.39, 0.29) is 11.5 Å².